The minimum atomic E-state index is -0.0416. The Hall–Kier alpha value is -4.16. The summed E-state index contributed by atoms with van der Waals surface area (Å²) in [7, 11) is 0. The zero-order valence-corrected chi connectivity index (χ0v) is 19.7. The number of benzene rings is 6. The maximum atomic E-state index is 2.50. The van der Waals surface area contributed by atoms with Crippen molar-refractivity contribution in [1.82, 2.24) is 0 Å². The largest absolute Gasteiger partial charge is 0.0610 e. The van der Waals surface area contributed by atoms with Crippen LogP contribution in [0, 0.1) is 0 Å². The van der Waals surface area contributed by atoms with Crippen molar-refractivity contribution in [3.05, 3.63) is 108 Å². The van der Waals surface area contributed by atoms with Crippen LogP contribution in [0.2, 0.25) is 0 Å². The fourth-order valence-corrected chi connectivity index (χ4v) is 7.30. The van der Waals surface area contributed by atoms with E-state index in [1.807, 2.05) is 0 Å². The standard InChI is InChI=1S/C35H22/c1-35(2)31-17-27-23-13-5-9-19-7-3-11-21(33(19)23)25(27)15-29(31)30-16-26-22-12-4-8-20-10-6-14-24(34(20)22)28(26)18-32(30)35/h3-18H,1-2H3. The van der Waals surface area contributed by atoms with E-state index in [1.54, 1.807) is 0 Å². The summed E-state index contributed by atoms with van der Waals surface area (Å²) in [5.74, 6) is 0. The summed E-state index contributed by atoms with van der Waals surface area (Å²) in [6.07, 6.45) is 0. The summed E-state index contributed by atoms with van der Waals surface area (Å²) in [6.45, 7) is 4.81. The first kappa shape index (κ1) is 18.2. The molecule has 0 heterocycles. The van der Waals surface area contributed by atoms with Gasteiger partial charge in [-0.3, -0.25) is 0 Å². The van der Waals surface area contributed by atoms with Crippen LogP contribution in [0.3, 0.4) is 0 Å². The minimum absolute atomic E-state index is 0.0416. The molecule has 0 spiro atoms. The highest BCUT2D eigenvalue weighted by molar-refractivity contribution is 6.18. The smallest absolute Gasteiger partial charge is 0.0159 e. The third kappa shape index (κ3) is 1.99. The van der Waals surface area contributed by atoms with Gasteiger partial charge in [-0.2, -0.15) is 0 Å². The molecule has 0 heteroatoms. The van der Waals surface area contributed by atoms with Crippen molar-refractivity contribution in [2.75, 3.05) is 0 Å². The van der Waals surface area contributed by atoms with E-state index in [-0.39, 0.29) is 5.41 Å². The number of hydrogen-bond donors (Lipinski definition) is 0. The van der Waals surface area contributed by atoms with Crippen LogP contribution in [0.5, 0.6) is 0 Å². The lowest BCUT2D eigenvalue weighted by Crippen LogP contribution is -2.15. The van der Waals surface area contributed by atoms with Crippen LogP contribution >= 0.6 is 0 Å². The van der Waals surface area contributed by atoms with Gasteiger partial charge in [-0.05, 0) is 113 Å². The van der Waals surface area contributed by atoms with Crippen LogP contribution in [0.15, 0.2) is 97.1 Å². The van der Waals surface area contributed by atoms with Gasteiger partial charge in [0.25, 0.3) is 0 Å². The number of fused-ring (bicyclic) bond motifs is 9. The van der Waals surface area contributed by atoms with E-state index in [0.29, 0.717) is 0 Å². The SMILES string of the molecule is CC1(C)c2cc3c(cc2-c2cc4c(cc21)-c1cccc2cccc-4c12)-c1cccc2cccc-3c12. The second-order valence-electron chi connectivity index (χ2n) is 10.9. The summed E-state index contributed by atoms with van der Waals surface area (Å²) in [5.41, 5.74) is 16.7. The molecule has 0 aliphatic heterocycles. The maximum Gasteiger partial charge on any atom is 0.0159 e. The first-order valence-corrected chi connectivity index (χ1v) is 12.5. The van der Waals surface area contributed by atoms with Gasteiger partial charge in [0.2, 0.25) is 0 Å². The molecule has 35 heavy (non-hydrogen) atoms. The Bertz CT molecular complexity index is 1810. The monoisotopic (exact) mass is 442 g/mol. The Kier molecular flexibility index (Phi) is 2.98. The van der Waals surface area contributed by atoms with E-state index in [0.717, 1.165) is 0 Å². The quantitative estimate of drug-likeness (QED) is 0.219. The fourth-order valence-electron chi connectivity index (χ4n) is 7.30. The molecular weight excluding hydrogens is 420 g/mol. The molecule has 0 bridgehead atoms. The van der Waals surface area contributed by atoms with E-state index in [9.17, 15) is 0 Å². The predicted molar refractivity (Wildman–Crippen MR) is 148 cm³/mol. The van der Waals surface area contributed by atoms with Gasteiger partial charge in [-0.25, -0.2) is 0 Å². The first-order valence-electron chi connectivity index (χ1n) is 12.5. The molecule has 0 radical (unpaired) electrons. The summed E-state index contributed by atoms with van der Waals surface area (Å²) >= 11 is 0. The van der Waals surface area contributed by atoms with Crippen molar-refractivity contribution < 1.29 is 0 Å². The lowest BCUT2D eigenvalue weighted by molar-refractivity contribution is 0.661. The van der Waals surface area contributed by atoms with Gasteiger partial charge < -0.3 is 0 Å². The zero-order chi connectivity index (χ0) is 23.1. The molecule has 0 amide bonds. The van der Waals surface area contributed by atoms with E-state index in [2.05, 4.69) is 111 Å². The van der Waals surface area contributed by atoms with Gasteiger partial charge in [0, 0.05) is 5.41 Å². The van der Waals surface area contributed by atoms with Gasteiger partial charge in [-0.15, -0.1) is 0 Å². The van der Waals surface area contributed by atoms with Crippen molar-refractivity contribution >= 4 is 21.5 Å². The summed E-state index contributed by atoms with van der Waals surface area (Å²) in [5, 5.41) is 5.48. The van der Waals surface area contributed by atoms with Crippen molar-refractivity contribution in [2.24, 2.45) is 0 Å². The molecule has 6 aromatic carbocycles. The molecule has 0 N–H and O–H groups in total. The highest BCUT2D eigenvalue weighted by Gasteiger charge is 2.39. The number of hydrogen-bond acceptors (Lipinski definition) is 0. The second kappa shape index (κ2) is 5.73. The zero-order valence-electron chi connectivity index (χ0n) is 19.7. The lowest BCUT2D eigenvalue weighted by Gasteiger charge is -2.23. The molecule has 0 saturated heterocycles. The van der Waals surface area contributed by atoms with Crippen LogP contribution in [-0.4, -0.2) is 0 Å². The number of rotatable bonds is 0. The van der Waals surface area contributed by atoms with Crippen LogP contribution in [-0.2, 0) is 5.41 Å². The molecule has 3 aliphatic rings. The van der Waals surface area contributed by atoms with Crippen molar-refractivity contribution in [1.29, 1.82) is 0 Å². The summed E-state index contributed by atoms with van der Waals surface area (Å²) in [4.78, 5) is 0. The summed E-state index contributed by atoms with van der Waals surface area (Å²) in [6, 6.07) is 36.9. The van der Waals surface area contributed by atoms with Gasteiger partial charge >= 0.3 is 0 Å². The van der Waals surface area contributed by atoms with Gasteiger partial charge in [0.15, 0.2) is 0 Å². The average Bonchev–Trinajstić information content (AvgIpc) is 3.45. The van der Waals surface area contributed by atoms with Gasteiger partial charge in [0.1, 0.15) is 0 Å². The maximum absolute atomic E-state index is 2.50. The molecule has 0 fully saturated rings. The molecule has 9 rings (SSSR count). The molecule has 0 aromatic heterocycles. The van der Waals surface area contributed by atoms with E-state index < -0.39 is 0 Å². The van der Waals surface area contributed by atoms with Crippen molar-refractivity contribution in [2.45, 2.75) is 19.3 Å². The van der Waals surface area contributed by atoms with Crippen LogP contribution in [0.25, 0.3) is 77.2 Å². The molecule has 0 saturated carbocycles. The first-order chi connectivity index (χ1) is 17.1. The fraction of sp³-hybridized carbons (Fsp3) is 0.0857. The second-order valence-corrected chi connectivity index (χ2v) is 10.9. The van der Waals surface area contributed by atoms with Crippen LogP contribution in [0.4, 0.5) is 0 Å². The molecular formula is C35H22. The van der Waals surface area contributed by atoms with Gasteiger partial charge in [-0.1, -0.05) is 86.6 Å². The molecule has 0 unspecified atom stereocenters. The molecule has 3 aliphatic carbocycles. The van der Waals surface area contributed by atoms with Crippen LogP contribution < -0.4 is 0 Å². The van der Waals surface area contributed by atoms with E-state index in [4.69, 9.17) is 0 Å². The molecule has 0 nitrogen and oxygen atoms in total. The minimum Gasteiger partial charge on any atom is -0.0610 e. The highest BCUT2D eigenvalue weighted by Crippen LogP contribution is 2.58. The van der Waals surface area contributed by atoms with Crippen molar-refractivity contribution in [3.63, 3.8) is 0 Å². The van der Waals surface area contributed by atoms with E-state index >= 15 is 0 Å². The Morgan fingerprint density at radius 2 is 0.714 bits per heavy atom. The molecule has 162 valence electrons. The Balaban J connectivity index is 1.36. The Labute approximate surface area is 204 Å². The topological polar surface area (TPSA) is 0 Å². The van der Waals surface area contributed by atoms with Gasteiger partial charge in [0.05, 0.1) is 0 Å². The Morgan fingerprint density at radius 1 is 0.371 bits per heavy atom. The van der Waals surface area contributed by atoms with E-state index in [1.165, 1.54) is 88.3 Å². The average molecular weight is 443 g/mol. The molecule has 6 aromatic rings. The Morgan fingerprint density at radius 3 is 1.09 bits per heavy atom. The third-order valence-corrected chi connectivity index (χ3v) is 8.92. The normalized spacial score (nSPS) is 14.8. The summed E-state index contributed by atoms with van der Waals surface area (Å²) < 4.78 is 0. The highest BCUT2D eigenvalue weighted by atomic mass is 14.4. The third-order valence-electron chi connectivity index (χ3n) is 8.92. The van der Waals surface area contributed by atoms with Crippen molar-refractivity contribution in [3.8, 4) is 55.6 Å². The predicted octanol–water partition coefficient (Wildman–Crippen LogP) is 9.59. The molecule has 0 atom stereocenters. The lowest BCUT2D eigenvalue weighted by atomic mass is 9.80. The van der Waals surface area contributed by atoms with Crippen LogP contribution in [0.1, 0.15) is 25.0 Å².